The average Bonchev–Trinajstić information content (AvgIpc) is 2.90. The van der Waals surface area contributed by atoms with Crippen molar-refractivity contribution in [3.8, 4) is 5.75 Å². The number of fused-ring (bicyclic) bond motifs is 1. The van der Waals surface area contributed by atoms with E-state index in [9.17, 15) is 14.0 Å². The van der Waals surface area contributed by atoms with E-state index in [0.29, 0.717) is 31.7 Å². The molecular weight excluding hydrogens is 469 g/mol. The number of ether oxygens (including phenoxy) is 1. The van der Waals surface area contributed by atoms with Crippen LogP contribution in [0.15, 0.2) is 67.0 Å². The fourth-order valence-electron chi connectivity index (χ4n) is 4.70. The van der Waals surface area contributed by atoms with Gasteiger partial charge in [0.2, 0.25) is 5.91 Å². The second-order valence-corrected chi connectivity index (χ2v) is 9.84. The Morgan fingerprint density at radius 1 is 1.11 bits per heavy atom. The van der Waals surface area contributed by atoms with E-state index in [1.165, 1.54) is 12.1 Å². The summed E-state index contributed by atoms with van der Waals surface area (Å²) in [5, 5.41) is 2.93. The van der Waals surface area contributed by atoms with Crippen LogP contribution in [0.2, 0.25) is 0 Å². The zero-order valence-electron chi connectivity index (χ0n) is 21.6. The third kappa shape index (κ3) is 6.53. The van der Waals surface area contributed by atoms with Gasteiger partial charge in [-0.2, -0.15) is 0 Å². The van der Waals surface area contributed by atoms with Crippen LogP contribution in [0.5, 0.6) is 5.75 Å². The first-order chi connectivity index (χ1) is 17.9. The molecule has 2 amide bonds. The van der Waals surface area contributed by atoms with Gasteiger partial charge in [-0.15, -0.1) is 0 Å². The highest BCUT2D eigenvalue weighted by Gasteiger charge is 2.33. The molecule has 2 unspecified atom stereocenters. The van der Waals surface area contributed by atoms with Gasteiger partial charge < -0.3 is 15.0 Å². The highest BCUT2D eigenvalue weighted by atomic mass is 19.1. The predicted octanol–water partition coefficient (Wildman–Crippen LogP) is 5.21. The first kappa shape index (κ1) is 26.3. The summed E-state index contributed by atoms with van der Waals surface area (Å²) >= 11 is 0. The Balaban J connectivity index is 1.58. The number of benzene rings is 2. The van der Waals surface area contributed by atoms with Crippen molar-refractivity contribution in [2.45, 2.75) is 58.7 Å². The maximum absolute atomic E-state index is 13.7. The quantitative estimate of drug-likeness (QED) is 0.435. The third-order valence-corrected chi connectivity index (χ3v) is 6.59. The molecule has 2 heterocycles. The third-order valence-electron chi connectivity index (χ3n) is 6.59. The number of pyridine rings is 1. The Morgan fingerprint density at radius 2 is 1.84 bits per heavy atom. The number of rotatable bonds is 9. The molecule has 0 fully saturated rings. The van der Waals surface area contributed by atoms with Crippen molar-refractivity contribution in [1.29, 1.82) is 0 Å². The molecule has 1 aromatic heterocycles. The van der Waals surface area contributed by atoms with Gasteiger partial charge in [0.25, 0.3) is 5.91 Å². The lowest BCUT2D eigenvalue weighted by Crippen LogP contribution is -2.41. The van der Waals surface area contributed by atoms with Crippen molar-refractivity contribution in [1.82, 2.24) is 15.2 Å². The monoisotopic (exact) mass is 503 g/mol. The molecule has 2 aromatic carbocycles. The minimum Gasteiger partial charge on any atom is -0.481 e. The molecule has 0 aliphatic carbocycles. The lowest BCUT2D eigenvalue weighted by atomic mass is 9.87. The molecule has 0 saturated carbocycles. The predicted molar refractivity (Wildman–Crippen MR) is 140 cm³/mol. The molecule has 194 valence electrons. The van der Waals surface area contributed by atoms with E-state index in [0.717, 1.165) is 28.7 Å². The summed E-state index contributed by atoms with van der Waals surface area (Å²) in [5.74, 6) is 0.355. The number of nitrogens with one attached hydrogen (secondary N) is 1. The SMILES string of the molecule is CCC(Oc1ccc2c(c1)C(c1ccc(F)cc1)N(C(=O)CC(C)C)CC2)C(=O)NCc1ccncc1. The van der Waals surface area contributed by atoms with Gasteiger partial charge in [0, 0.05) is 31.9 Å². The van der Waals surface area contributed by atoms with E-state index in [2.05, 4.69) is 10.3 Å². The smallest absolute Gasteiger partial charge is 0.261 e. The molecule has 4 rings (SSSR count). The molecule has 6 nitrogen and oxygen atoms in total. The Hall–Kier alpha value is -3.74. The molecule has 0 spiro atoms. The second kappa shape index (κ2) is 12.0. The molecule has 7 heteroatoms. The van der Waals surface area contributed by atoms with Crippen LogP contribution in [0.1, 0.15) is 61.9 Å². The molecule has 1 aliphatic heterocycles. The maximum atomic E-state index is 13.7. The van der Waals surface area contributed by atoms with E-state index in [1.54, 1.807) is 24.5 Å². The van der Waals surface area contributed by atoms with Crippen molar-refractivity contribution >= 4 is 11.8 Å². The number of aromatic nitrogens is 1. The highest BCUT2D eigenvalue weighted by Crippen LogP contribution is 2.38. The fourth-order valence-corrected chi connectivity index (χ4v) is 4.70. The summed E-state index contributed by atoms with van der Waals surface area (Å²) in [6.45, 7) is 6.95. The summed E-state index contributed by atoms with van der Waals surface area (Å²) in [5.41, 5.74) is 3.86. The highest BCUT2D eigenvalue weighted by molar-refractivity contribution is 5.81. The zero-order chi connectivity index (χ0) is 26.4. The Morgan fingerprint density at radius 3 is 2.51 bits per heavy atom. The number of nitrogens with zero attached hydrogens (tertiary/aromatic N) is 2. The van der Waals surface area contributed by atoms with Gasteiger partial charge in [-0.25, -0.2) is 4.39 Å². The molecule has 3 aromatic rings. The molecular formula is C30H34FN3O3. The fraction of sp³-hybridized carbons (Fsp3) is 0.367. The first-order valence-electron chi connectivity index (χ1n) is 12.9. The van der Waals surface area contributed by atoms with Gasteiger partial charge in [-0.1, -0.05) is 39.0 Å². The first-order valence-corrected chi connectivity index (χ1v) is 12.9. The summed E-state index contributed by atoms with van der Waals surface area (Å²) in [6.07, 6.45) is 4.38. The number of amides is 2. The van der Waals surface area contributed by atoms with E-state index in [4.69, 9.17) is 4.74 Å². The molecule has 1 aliphatic rings. The zero-order valence-corrected chi connectivity index (χ0v) is 21.6. The number of hydrogen-bond acceptors (Lipinski definition) is 4. The lowest BCUT2D eigenvalue weighted by Gasteiger charge is -2.38. The average molecular weight is 504 g/mol. The minimum atomic E-state index is -0.661. The maximum Gasteiger partial charge on any atom is 0.261 e. The minimum absolute atomic E-state index is 0.0724. The normalized spacial score (nSPS) is 15.7. The molecule has 0 saturated heterocycles. The van der Waals surface area contributed by atoms with Gasteiger partial charge in [-0.05, 0) is 77.4 Å². The molecule has 37 heavy (non-hydrogen) atoms. The van der Waals surface area contributed by atoms with Gasteiger partial charge in [0.05, 0.1) is 6.04 Å². The lowest BCUT2D eigenvalue weighted by molar-refractivity contribution is -0.134. The van der Waals surface area contributed by atoms with Crippen LogP contribution in [0.3, 0.4) is 0 Å². The number of carbonyl (C=O) groups is 2. The van der Waals surface area contributed by atoms with Crippen LogP contribution in [0.25, 0.3) is 0 Å². The molecule has 0 bridgehead atoms. The number of hydrogen-bond donors (Lipinski definition) is 1. The van der Waals surface area contributed by atoms with Gasteiger partial charge in [-0.3, -0.25) is 14.6 Å². The Kier molecular flexibility index (Phi) is 8.54. The topological polar surface area (TPSA) is 71.5 Å². The van der Waals surface area contributed by atoms with Crippen LogP contribution >= 0.6 is 0 Å². The van der Waals surface area contributed by atoms with Crippen LogP contribution in [-0.4, -0.2) is 34.3 Å². The van der Waals surface area contributed by atoms with Crippen molar-refractivity contribution < 1.29 is 18.7 Å². The van der Waals surface area contributed by atoms with Crippen LogP contribution in [-0.2, 0) is 22.6 Å². The van der Waals surface area contributed by atoms with Crippen LogP contribution < -0.4 is 10.1 Å². The standard InChI is InChI=1S/C30H34FN3O3/c1-4-27(30(36)33-19-21-11-14-32-15-12-21)37-25-10-7-22-13-16-34(28(35)17-20(2)3)29(26(22)18-25)23-5-8-24(31)9-6-23/h5-12,14-15,18,20,27,29H,4,13,16-17,19H2,1-3H3,(H,33,36). The van der Waals surface area contributed by atoms with E-state index < -0.39 is 6.10 Å². The second-order valence-electron chi connectivity index (χ2n) is 9.84. The van der Waals surface area contributed by atoms with E-state index >= 15 is 0 Å². The van der Waals surface area contributed by atoms with Gasteiger partial charge in [0.15, 0.2) is 6.10 Å². The van der Waals surface area contributed by atoms with Crippen molar-refractivity contribution in [2.75, 3.05) is 6.54 Å². The van der Waals surface area contributed by atoms with Gasteiger partial charge >= 0.3 is 0 Å². The largest absolute Gasteiger partial charge is 0.481 e. The van der Waals surface area contributed by atoms with Crippen molar-refractivity contribution in [2.24, 2.45) is 5.92 Å². The number of carbonyl (C=O) groups excluding carboxylic acids is 2. The Bertz CT molecular complexity index is 1210. The number of halogens is 1. The van der Waals surface area contributed by atoms with Crippen LogP contribution in [0, 0.1) is 11.7 Å². The summed E-state index contributed by atoms with van der Waals surface area (Å²) in [6, 6.07) is 15.5. The molecule has 1 N–H and O–H groups in total. The molecule has 0 radical (unpaired) electrons. The van der Waals surface area contributed by atoms with Crippen molar-refractivity contribution in [3.63, 3.8) is 0 Å². The summed E-state index contributed by atoms with van der Waals surface area (Å²) < 4.78 is 19.9. The summed E-state index contributed by atoms with van der Waals surface area (Å²) in [4.78, 5) is 32.0. The molecule has 2 atom stereocenters. The van der Waals surface area contributed by atoms with E-state index in [1.807, 2.05) is 56.0 Å². The van der Waals surface area contributed by atoms with Crippen molar-refractivity contribution in [3.05, 3.63) is 95.1 Å². The van der Waals surface area contributed by atoms with Crippen LogP contribution in [0.4, 0.5) is 4.39 Å². The summed E-state index contributed by atoms with van der Waals surface area (Å²) in [7, 11) is 0. The Labute approximate surface area is 217 Å². The van der Waals surface area contributed by atoms with Gasteiger partial charge in [0.1, 0.15) is 11.6 Å². The van der Waals surface area contributed by atoms with E-state index in [-0.39, 0.29) is 29.6 Å².